The van der Waals surface area contributed by atoms with Gasteiger partial charge in [0.15, 0.2) is 0 Å². The van der Waals surface area contributed by atoms with E-state index < -0.39 is 0 Å². The predicted octanol–water partition coefficient (Wildman–Crippen LogP) is 4.35. The summed E-state index contributed by atoms with van der Waals surface area (Å²) in [5, 5.41) is 4.76. The molecule has 7 heteroatoms. The molecule has 1 saturated heterocycles. The van der Waals surface area contributed by atoms with Crippen molar-refractivity contribution in [1.29, 1.82) is 0 Å². The molecule has 3 aromatic rings. The summed E-state index contributed by atoms with van der Waals surface area (Å²) < 4.78 is 5.45. The van der Waals surface area contributed by atoms with Crippen LogP contribution in [0.4, 0.5) is 0 Å². The second-order valence-electron chi connectivity index (χ2n) is 7.76. The molecule has 156 valence electrons. The first-order chi connectivity index (χ1) is 14.5. The SMILES string of the molecule is Cc1ccc(C)c(C(=O)N2CCCN(Cc3nc(-c4ccc(Cl)cc4)no3)CC2)c1. The molecule has 1 fully saturated rings. The standard InChI is InChI=1S/C23H25ClN4O2/c1-16-4-5-17(2)20(14-16)23(29)28-11-3-10-27(12-13-28)15-21-25-22(26-30-21)18-6-8-19(24)9-7-18/h4-9,14H,3,10-13,15H2,1-2H3. The van der Waals surface area contributed by atoms with Gasteiger partial charge in [0.05, 0.1) is 6.54 Å². The Labute approximate surface area is 181 Å². The topological polar surface area (TPSA) is 62.5 Å². The van der Waals surface area contributed by atoms with Gasteiger partial charge >= 0.3 is 0 Å². The van der Waals surface area contributed by atoms with Crippen LogP contribution in [0.1, 0.15) is 33.8 Å². The van der Waals surface area contributed by atoms with E-state index in [0.29, 0.717) is 29.8 Å². The van der Waals surface area contributed by atoms with E-state index in [1.807, 2.05) is 61.2 Å². The third-order valence-corrected chi connectivity index (χ3v) is 5.68. The maximum atomic E-state index is 13.0. The number of nitrogens with zero attached hydrogens (tertiary/aromatic N) is 4. The normalized spacial score (nSPS) is 15.2. The zero-order chi connectivity index (χ0) is 21.1. The number of hydrogen-bond donors (Lipinski definition) is 0. The molecule has 6 nitrogen and oxygen atoms in total. The summed E-state index contributed by atoms with van der Waals surface area (Å²) in [4.78, 5) is 21.8. The molecule has 0 N–H and O–H groups in total. The first-order valence-electron chi connectivity index (χ1n) is 10.2. The lowest BCUT2D eigenvalue weighted by atomic mass is 10.0. The van der Waals surface area contributed by atoms with Gasteiger partial charge in [-0.2, -0.15) is 4.98 Å². The van der Waals surface area contributed by atoms with Crippen molar-refractivity contribution in [1.82, 2.24) is 19.9 Å². The monoisotopic (exact) mass is 424 g/mol. The van der Waals surface area contributed by atoms with Crippen molar-refractivity contribution in [2.75, 3.05) is 26.2 Å². The predicted molar refractivity (Wildman–Crippen MR) is 116 cm³/mol. The van der Waals surface area contributed by atoms with Crippen molar-refractivity contribution < 1.29 is 9.32 Å². The molecule has 1 amide bonds. The average Bonchev–Trinajstić information content (AvgIpc) is 3.07. The third-order valence-electron chi connectivity index (χ3n) is 5.43. The minimum absolute atomic E-state index is 0.112. The van der Waals surface area contributed by atoms with E-state index in [1.165, 1.54) is 0 Å². The van der Waals surface area contributed by atoms with Crippen LogP contribution in [-0.4, -0.2) is 52.0 Å². The lowest BCUT2D eigenvalue weighted by Gasteiger charge is -2.22. The molecule has 0 atom stereocenters. The van der Waals surface area contributed by atoms with Crippen LogP contribution in [0.25, 0.3) is 11.4 Å². The Bertz CT molecular complexity index is 1030. The fourth-order valence-electron chi connectivity index (χ4n) is 3.70. The van der Waals surface area contributed by atoms with Crippen LogP contribution >= 0.6 is 11.6 Å². The van der Waals surface area contributed by atoms with Gasteiger partial charge in [0, 0.05) is 42.3 Å². The number of amides is 1. The molecule has 1 aliphatic rings. The molecule has 0 bridgehead atoms. The van der Waals surface area contributed by atoms with Crippen LogP contribution in [0.2, 0.25) is 5.02 Å². The summed E-state index contributed by atoms with van der Waals surface area (Å²) in [5.41, 5.74) is 3.80. The van der Waals surface area contributed by atoms with Crippen LogP contribution in [-0.2, 0) is 6.54 Å². The highest BCUT2D eigenvalue weighted by Crippen LogP contribution is 2.20. The van der Waals surface area contributed by atoms with Crippen LogP contribution in [0.15, 0.2) is 47.0 Å². The van der Waals surface area contributed by atoms with E-state index in [-0.39, 0.29) is 5.91 Å². The number of halogens is 1. The molecule has 0 unspecified atom stereocenters. The second-order valence-corrected chi connectivity index (χ2v) is 8.20. The van der Waals surface area contributed by atoms with E-state index in [9.17, 15) is 4.79 Å². The highest BCUT2D eigenvalue weighted by molar-refractivity contribution is 6.30. The van der Waals surface area contributed by atoms with Gasteiger partial charge in [-0.3, -0.25) is 9.69 Å². The van der Waals surface area contributed by atoms with Crippen LogP contribution in [0.5, 0.6) is 0 Å². The molecule has 0 saturated carbocycles. The summed E-state index contributed by atoms with van der Waals surface area (Å²) in [5.74, 6) is 1.25. The smallest absolute Gasteiger partial charge is 0.254 e. The number of benzene rings is 2. The average molecular weight is 425 g/mol. The Morgan fingerprint density at radius 3 is 2.67 bits per heavy atom. The Hall–Kier alpha value is -2.70. The maximum absolute atomic E-state index is 13.0. The van der Waals surface area contributed by atoms with E-state index >= 15 is 0 Å². The van der Waals surface area contributed by atoms with Gasteiger partial charge in [-0.25, -0.2) is 0 Å². The maximum Gasteiger partial charge on any atom is 0.254 e. The fourth-order valence-corrected chi connectivity index (χ4v) is 3.82. The van der Waals surface area contributed by atoms with E-state index in [2.05, 4.69) is 15.0 Å². The minimum Gasteiger partial charge on any atom is -0.338 e. The van der Waals surface area contributed by atoms with Gasteiger partial charge in [0.25, 0.3) is 5.91 Å². The zero-order valence-electron chi connectivity index (χ0n) is 17.3. The summed E-state index contributed by atoms with van der Waals surface area (Å²) in [6, 6.07) is 13.4. The lowest BCUT2D eigenvalue weighted by molar-refractivity contribution is 0.0759. The van der Waals surface area contributed by atoms with E-state index in [4.69, 9.17) is 16.1 Å². The number of aromatic nitrogens is 2. The van der Waals surface area contributed by atoms with Gasteiger partial charge in [-0.05, 0) is 56.2 Å². The number of carbonyl (C=O) groups is 1. The highest BCUT2D eigenvalue weighted by atomic mass is 35.5. The Balaban J connectivity index is 1.38. The summed E-state index contributed by atoms with van der Waals surface area (Å²) in [6.07, 6.45) is 0.911. The molecule has 2 aromatic carbocycles. The van der Waals surface area contributed by atoms with Crippen molar-refractivity contribution in [3.8, 4) is 11.4 Å². The number of rotatable bonds is 4. The molecule has 0 aliphatic carbocycles. The summed E-state index contributed by atoms with van der Waals surface area (Å²) in [6.45, 7) is 7.68. The Kier molecular flexibility index (Phi) is 6.16. The molecule has 0 radical (unpaired) electrons. The van der Waals surface area contributed by atoms with Gasteiger partial charge in [0.2, 0.25) is 11.7 Å². The Morgan fingerprint density at radius 2 is 1.87 bits per heavy atom. The van der Waals surface area contributed by atoms with Gasteiger partial charge in [-0.1, -0.05) is 34.5 Å². The van der Waals surface area contributed by atoms with Crippen molar-refractivity contribution in [3.05, 3.63) is 70.1 Å². The van der Waals surface area contributed by atoms with Crippen LogP contribution in [0, 0.1) is 13.8 Å². The van der Waals surface area contributed by atoms with Gasteiger partial charge < -0.3 is 9.42 Å². The Morgan fingerprint density at radius 1 is 1.07 bits per heavy atom. The first-order valence-corrected chi connectivity index (χ1v) is 10.5. The van der Waals surface area contributed by atoms with Gasteiger partial charge in [-0.15, -0.1) is 0 Å². The van der Waals surface area contributed by atoms with Crippen molar-refractivity contribution in [2.45, 2.75) is 26.8 Å². The fraction of sp³-hybridized carbons (Fsp3) is 0.348. The molecule has 30 heavy (non-hydrogen) atoms. The first kappa shape index (κ1) is 20.6. The van der Waals surface area contributed by atoms with Crippen LogP contribution < -0.4 is 0 Å². The summed E-state index contributed by atoms with van der Waals surface area (Å²) >= 11 is 5.94. The molecular formula is C23H25ClN4O2. The molecular weight excluding hydrogens is 400 g/mol. The molecule has 4 rings (SSSR count). The van der Waals surface area contributed by atoms with Crippen LogP contribution in [0.3, 0.4) is 0 Å². The molecule has 0 spiro atoms. The zero-order valence-corrected chi connectivity index (χ0v) is 18.0. The highest BCUT2D eigenvalue weighted by Gasteiger charge is 2.22. The quantitative estimate of drug-likeness (QED) is 0.622. The van der Waals surface area contributed by atoms with Crippen molar-refractivity contribution >= 4 is 17.5 Å². The minimum atomic E-state index is 0.112. The molecule has 1 aliphatic heterocycles. The molecule has 1 aromatic heterocycles. The van der Waals surface area contributed by atoms with Crippen molar-refractivity contribution in [2.24, 2.45) is 0 Å². The van der Waals surface area contributed by atoms with E-state index in [1.54, 1.807) is 0 Å². The van der Waals surface area contributed by atoms with E-state index in [0.717, 1.165) is 48.3 Å². The van der Waals surface area contributed by atoms with Crippen molar-refractivity contribution in [3.63, 3.8) is 0 Å². The number of aryl methyl sites for hydroxylation is 2. The lowest BCUT2D eigenvalue weighted by Crippen LogP contribution is -2.35. The third kappa shape index (κ3) is 4.71. The number of carbonyl (C=O) groups excluding carboxylic acids is 1. The largest absolute Gasteiger partial charge is 0.338 e. The van der Waals surface area contributed by atoms with Gasteiger partial charge in [0.1, 0.15) is 0 Å². The summed E-state index contributed by atoms with van der Waals surface area (Å²) in [7, 11) is 0. The molecule has 2 heterocycles. The number of hydrogen-bond acceptors (Lipinski definition) is 5. The second kappa shape index (κ2) is 8.98.